The summed E-state index contributed by atoms with van der Waals surface area (Å²) in [5, 5.41) is 10.9. The monoisotopic (exact) mass is 329 g/mol. The number of amides is 1. The predicted octanol–water partition coefficient (Wildman–Crippen LogP) is 2.24. The molecule has 7 nitrogen and oxygen atoms in total. The van der Waals surface area contributed by atoms with Gasteiger partial charge in [-0.15, -0.1) is 0 Å². The SMILES string of the molecule is COC(=O)Nc1ccc(S(=O)(=O)C(C)C)c(C(C)C(=O)O)c1. The topological polar surface area (TPSA) is 110 Å². The van der Waals surface area contributed by atoms with Crippen molar-refractivity contribution in [1.82, 2.24) is 0 Å². The number of aliphatic carboxylic acids is 1. The highest BCUT2D eigenvalue weighted by atomic mass is 32.2. The van der Waals surface area contributed by atoms with Crippen LogP contribution in [0.4, 0.5) is 10.5 Å². The number of ether oxygens (including phenoxy) is 1. The van der Waals surface area contributed by atoms with E-state index in [2.05, 4.69) is 10.1 Å². The largest absolute Gasteiger partial charge is 0.481 e. The van der Waals surface area contributed by atoms with Crippen LogP contribution >= 0.6 is 0 Å². The van der Waals surface area contributed by atoms with Crippen LogP contribution in [0.3, 0.4) is 0 Å². The normalized spacial score (nSPS) is 12.8. The number of hydrogen-bond acceptors (Lipinski definition) is 5. The van der Waals surface area contributed by atoms with Gasteiger partial charge in [0.2, 0.25) is 0 Å². The molecule has 8 heteroatoms. The minimum atomic E-state index is -3.64. The second kappa shape index (κ2) is 6.78. The number of carbonyl (C=O) groups excluding carboxylic acids is 1. The molecule has 0 aliphatic carbocycles. The first kappa shape index (κ1) is 18.0. The predicted molar refractivity (Wildman–Crippen MR) is 80.8 cm³/mol. The van der Waals surface area contributed by atoms with Crippen LogP contribution in [0.5, 0.6) is 0 Å². The van der Waals surface area contributed by atoms with Crippen LogP contribution in [0.1, 0.15) is 32.3 Å². The van der Waals surface area contributed by atoms with Gasteiger partial charge in [-0.3, -0.25) is 10.1 Å². The zero-order valence-corrected chi connectivity index (χ0v) is 13.6. The highest BCUT2D eigenvalue weighted by Gasteiger charge is 2.27. The van der Waals surface area contributed by atoms with Gasteiger partial charge in [-0.2, -0.15) is 0 Å². The fourth-order valence-electron chi connectivity index (χ4n) is 1.78. The van der Waals surface area contributed by atoms with Crippen molar-refractivity contribution < 1.29 is 27.9 Å². The molecule has 1 amide bonds. The van der Waals surface area contributed by atoms with Crippen LogP contribution in [0.2, 0.25) is 0 Å². The van der Waals surface area contributed by atoms with Gasteiger partial charge in [-0.05, 0) is 44.5 Å². The van der Waals surface area contributed by atoms with Gasteiger partial charge in [0.1, 0.15) is 0 Å². The molecule has 0 aromatic heterocycles. The van der Waals surface area contributed by atoms with E-state index < -0.39 is 33.1 Å². The van der Waals surface area contributed by atoms with E-state index in [1.165, 1.54) is 46.1 Å². The van der Waals surface area contributed by atoms with Gasteiger partial charge < -0.3 is 9.84 Å². The van der Waals surface area contributed by atoms with Gasteiger partial charge in [0, 0.05) is 5.69 Å². The Morgan fingerprint density at radius 1 is 1.23 bits per heavy atom. The van der Waals surface area contributed by atoms with Gasteiger partial charge in [0.15, 0.2) is 9.84 Å². The molecule has 1 rings (SSSR count). The van der Waals surface area contributed by atoms with Crippen molar-refractivity contribution in [3.05, 3.63) is 23.8 Å². The molecule has 0 radical (unpaired) electrons. The molecule has 0 aliphatic heterocycles. The van der Waals surface area contributed by atoms with Crippen molar-refractivity contribution in [2.24, 2.45) is 0 Å². The second-order valence-corrected chi connectivity index (χ2v) is 7.50. The lowest BCUT2D eigenvalue weighted by Crippen LogP contribution is -2.20. The Balaban J connectivity index is 3.46. The van der Waals surface area contributed by atoms with E-state index in [0.29, 0.717) is 0 Å². The number of methoxy groups -OCH3 is 1. The van der Waals surface area contributed by atoms with E-state index in [4.69, 9.17) is 0 Å². The van der Waals surface area contributed by atoms with Crippen LogP contribution in [0, 0.1) is 0 Å². The van der Waals surface area contributed by atoms with Crippen molar-refractivity contribution in [2.45, 2.75) is 36.8 Å². The van der Waals surface area contributed by atoms with Crippen molar-refractivity contribution in [1.29, 1.82) is 0 Å². The first-order valence-electron chi connectivity index (χ1n) is 6.56. The van der Waals surface area contributed by atoms with E-state index in [1.54, 1.807) is 0 Å². The lowest BCUT2D eigenvalue weighted by Gasteiger charge is -2.17. The number of carboxylic acids is 1. The molecular formula is C14H19NO6S. The summed E-state index contributed by atoms with van der Waals surface area (Å²) < 4.78 is 29.2. The lowest BCUT2D eigenvalue weighted by molar-refractivity contribution is -0.138. The minimum Gasteiger partial charge on any atom is -0.481 e. The Labute approximate surface area is 129 Å². The molecule has 0 saturated heterocycles. The maximum absolute atomic E-state index is 12.4. The summed E-state index contributed by atoms with van der Waals surface area (Å²) in [6, 6.07) is 4.03. The maximum Gasteiger partial charge on any atom is 0.411 e. The maximum atomic E-state index is 12.4. The summed E-state index contributed by atoms with van der Waals surface area (Å²) in [6.07, 6.45) is -0.728. The van der Waals surface area contributed by atoms with E-state index in [1.807, 2.05) is 0 Å². The average molecular weight is 329 g/mol. The van der Waals surface area contributed by atoms with E-state index in [9.17, 15) is 23.1 Å². The number of carboxylic acid groups (broad SMARTS) is 1. The average Bonchev–Trinajstić information content (AvgIpc) is 2.45. The fraction of sp³-hybridized carbons (Fsp3) is 0.429. The number of rotatable bonds is 5. The van der Waals surface area contributed by atoms with Crippen LogP contribution < -0.4 is 5.32 Å². The van der Waals surface area contributed by atoms with Crippen LogP contribution in [0.15, 0.2) is 23.1 Å². The molecule has 1 aromatic carbocycles. The molecule has 2 N–H and O–H groups in total. The molecule has 1 atom stereocenters. The Hall–Kier alpha value is -2.09. The Kier molecular flexibility index (Phi) is 5.54. The summed E-state index contributed by atoms with van der Waals surface area (Å²) in [5.74, 6) is -2.20. The molecule has 0 aliphatic rings. The number of anilines is 1. The first-order valence-corrected chi connectivity index (χ1v) is 8.11. The zero-order chi connectivity index (χ0) is 17.1. The Morgan fingerprint density at radius 3 is 2.27 bits per heavy atom. The van der Waals surface area contributed by atoms with Crippen molar-refractivity contribution in [3.63, 3.8) is 0 Å². The zero-order valence-electron chi connectivity index (χ0n) is 12.8. The van der Waals surface area contributed by atoms with Gasteiger partial charge in [-0.25, -0.2) is 13.2 Å². The van der Waals surface area contributed by atoms with E-state index in [0.717, 1.165) is 0 Å². The van der Waals surface area contributed by atoms with Crippen LogP contribution in [0.25, 0.3) is 0 Å². The molecule has 22 heavy (non-hydrogen) atoms. The number of sulfone groups is 1. The van der Waals surface area contributed by atoms with Crippen molar-refractivity contribution in [3.8, 4) is 0 Å². The van der Waals surface area contributed by atoms with E-state index in [-0.39, 0.29) is 16.1 Å². The number of nitrogens with one attached hydrogen (secondary N) is 1. The summed E-state index contributed by atoms with van der Waals surface area (Å²) >= 11 is 0. The van der Waals surface area contributed by atoms with Crippen molar-refractivity contribution in [2.75, 3.05) is 12.4 Å². The number of benzene rings is 1. The first-order chi connectivity index (χ1) is 10.1. The van der Waals surface area contributed by atoms with Gasteiger partial charge in [0.05, 0.1) is 23.2 Å². The molecule has 0 spiro atoms. The minimum absolute atomic E-state index is 0.0483. The second-order valence-electron chi connectivity index (χ2n) is 5.02. The molecule has 0 saturated carbocycles. The quantitative estimate of drug-likeness (QED) is 0.857. The third-order valence-electron chi connectivity index (χ3n) is 3.21. The number of carbonyl (C=O) groups is 2. The molecule has 1 unspecified atom stereocenters. The van der Waals surface area contributed by atoms with Crippen LogP contribution in [-0.2, 0) is 19.4 Å². The van der Waals surface area contributed by atoms with Gasteiger partial charge >= 0.3 is 12.1 Å². The van der Waals surface area contributed by atoms with E-state index >= 15 is 0 Å². The third kappa shape index (κ3) is 3.76. The molecule has 0 fully saturated rings. The number of hydrogen-bond donors (Lipinski definition) is 2. The van der Waals surface area contributed by atoms with Crippen LogP contribution in [-0.4, -0.2) is 37.9 Å². The smallest absolute Gasteiger partial charge is 0.411 e. The third-order valence-corrected chi connectivity index (χ3v) is 5.43. The molecule has 0 bridgehead atoms. The summed E-state index contributed by atoms with van der Waals surface area (Å²) in [6.45, 7) is 4.43. The summed E-state index contributed by atoms with van der Waals surface area (Å²) in [5.41, 5.74) is 0.382. The Morgan fingerprint density at radius 2 is 1.82 bits per heavy atom. The highest BCUT2D eigenvalue weighted by Crippen LogP contribution is 2.30. The fourth-order valence-corrected chi connectivity index (χ4v) is 3.11. The molecule has 1 aromatic rings. The summed E-state index contributed by atoms with van der Waals surface area (Å²) in [4.78, 5) is 22.4. The van der Waals surface area contributed by atoms with Crippen molar-refractivity contribution >= 4 is 27.6 Å². The standard InChI is InChI=1S/C14H19NO6S/c1-8(2)22(19,20)12-6-5-10(15-14(18)21-4)7-11(12)9(3)13(16)17/h5-9H,1-4H3,(H,15,18)(H,16,17). The van der Waals surface area contributed by atoms with Gasteiger partial charge in [-0.1, -0.05) is 0 Å². The molecule has 122 valence electrons. The highest BCUT2D eigenvalue weighted by molar-refractivity contribution is 7.92. The molecule has 0 heterocycles. The lowest BCUT2D eigenvalue weighted by atomic mass is 10.0. The summed E-state index contributed by atoms with van der Waals surface area (Å²) in [7, 11) is -2.46. The Bertz CT molecular complexity index is 681. The van der Waals surface area contributed by atoms with Gasteiger partial charge in [0.25, 0.3) is 0 Å². The molecular weight excluding hydrogens is 310 g/mol.